The molecule has 0 spiro atoms. The monoisotopic (exact) mass is 293 g/mol. The molecule has 21 heavy (non-hydrogen) atoms. The summed E-state index contributed by atoms with van der Waals surface area (Å²) in [7, 11) is 0. The quantitative estimate of drug-likeness (QED) is 0.802. The molecule has 2 aliphatic heterocycles. The van der Waals surface area contributed by atoms with E-state index in [0.29, 0.717) is 6.04 Å². The van der Waals surface area contributed by atoms with E-state index in [1.807, 2.05) is 13.3 Å². The van der Waals surface area contributed by atoms with Gasteiger partial charge in [-0.1, -0.05) is 6.42 Å². The molecule has 2 saturated heterocycles. The maximum Gasteiger partial charge on any atom is 0.129 e. The summed E-state index contributed by atoms with van der Waals surface area (Å²) >= 11 is 0. The van der Waals surface area contributed by atoms with Gasteiger partial charge in [0.05, 0.1) is 13.2 Å². The molecule has 1 aromatic rings. The lowest BCUT2D eigenvalue weighted by atomic mass is 10.0. The first-order chi connectivity index (χ1) is 10.3. The van der Waals surface area contributed by atoms with Crippen molar-refractivity contribution in [3.63, 3.8) is 0 Å². The summed E-state index contributed by atoms with van der Waals surface area (Å²) in [6, 6.07) is 0.702. The second-order valence-corrected chi connectivity index (χ2v) is 6.17. The first kappa shape index (κ1) is 14.9. The fraction of sp³-hybridized carbons (Fsp3) is 0.867. The van der Waals surface area contributed by atoms with Crippen molar-refractivity contribution in [2.75, 3.05) is 45.9 Å². The van der Waals surface area contributed by atoms with Crippen molar-refractivity contribution in [1.82, 2.24) is 24.6 Å². The fourth-order valence-corrected chi connectivity index (χ4v) is 3.41. The van der Waals surface area contributed by atoms with Gasteiger partial charge in [-0.25, -0.2) is 0 Å². The van der Waals surface area contributed by atoms with Crippen molar-refractivity contribution in [3.05, 3.63) is 12.2 Å². The van der Waals surface area contributed by atoms with E-state index in [9.17, 15) is 0 Å². The van der Waals surface area contributed by atoms with Crippen LogP contribution in [0.2, 0.25) is 0 Å². The second-order valence-electron chi connectivity index (χ2n) is 6.17. The van der Waals surface area contributed by atoms with Gasteiger partial charge in [-0.2, -0.15) is 0 Å². The van der Waals surface area contributed by atoms with Gasteiger partial charge in [0.25, 0.3) is 0 Å². The minimum absolute atomic E-state index is 0.702. The fourth-order valence-electron chi connectivity index (χ4n) is 3.41. The number of aryl methyl sites for hydroxylation is 1. The maximum atomic E-state index is 5.45. The molecular weight excluding hydrogens is 266 g/mol. The highest BCUT2D eigenvalue weighted by Crippen LogP contribution is 2.18. The van der Waals surface area contributed by atoms with Crippen LogP contribution in [-0.2, 0) is 11.3 Å². The summed E-state index contributed by atoms with van der Waals surface area (Å²) < 4.78 is 7.61. The predicted octanol–water partition coefficient (Wildman–Crippen LogP) is 0.773. The highest BCUT2D eigenvalue weighted by Gasteiger charge is 2.25. The molecule has 3 rings (SSSR count). The van der Waals surface area contributed by atoms with Crippen LogP contribution in [0.3, 0.4) is 0 Å². The van der Waals surface area contributed by atoms with Gasteiger partial charge in [-0.05, 0) is 26.3 Å². The predicted molar refractivity (Wildman–Crippen MR) is 81.2 cm³/mol. The van der Waals surface area contributed by atoms with Gasteiger partial charge in [0.1, 0.15) is 12.2 Å². The Morgan fingerprint density at radius 2 is 2.05 bits per heavy atom. The summed E-state index contributed by atoms with van der Waals surface area (Å²) in [6.07, 6.45) is 5.88. The van der Waals surface area contributed by atoms with Crippen molar-refractivity contribution >= 4 is 0 Å². The van der Waals surface area contributed by atoms with Gasteiger partial charge in [0.2, 0.25) is 0 Å². The molecule has 1 atom stereocenters. The second kappa shape index (κ2) is 7.33. The number of hydrogen-bond donors (Lipinski definition) is 0. The molecule has 2 fully saturated rings. The van der Waals surface area contributed by atoms with E-state index in [1.165, 1.54) is 32.4 Å². The Hall–Kier alpha value is -0.980. The number of piperidine rings is 1. The minimum atomic E-state index is 0.702. The molecule has 3 heterocycles. The Bertz CT molecular complexity index is 429. The van der Waals surface area contributed by atoms with Crippen LogP contribution < -0.4 is 0 Å². The van der Waals surface area contributed by atoms with Crippen molar-refractivity contribution in [2.24, 2.45) is 0 Å². The molecule has 0 radical (unpaired) electrons. The smallest absolute Gasteiger partial charge is 0.129 e. The van der Waals surface area contributed by atoms with Crippen molar-refractivity contribution in [3.8, 4) is 0 Å². The van der Waals surface area contributed by atoms with Crippen LogP contribution >= 0.6 is 0 Å². The van der Waals surface area contributed by atoms with E-state index >= 15 is 0 Å². The number of nitrogens with zero attached hydrogens (tertiary/aromatic N) is 5. The maximum absolute atomic E-state index is 5.45. The van der Waals surface area contributed by atoms with Crippen LogP contribution in [0.15, 0.2) is 6.33 Å². The third kappa shape index (κ3) is 4.02. The van der Waals surface area contributed by atoms with Gasteiger partial charge < -0.3 is 9.30 Å². The Labute approximate surface area is 127 Å². The Balaban J connectivity index is 1.52. The summed E-state index contributed by atoms with van der Waals surface area (Å²) in [6.45, 7) is 10.5. The number of likely N-dealkylation sites (tertiary alicyclic amines) is 1. The average Bonchev–Trinajstić information content (AvgIpc) is 2.93. The summed E-state index contributed by atoms with van der Waals surface area (Å²) in [5.41, 5.74) is 0. The summed E-state index contributed by atoms with van der Waals surface area (Å²) in [5.74, 6) is 1.01. The van der Waals surface area contributed by atoms with Crippen LogP contribution in [-0.4, -0.2) is 76.5 Å². The lowest BCUT2D eigenvalue weighted by Crippen LogP contribution is -2.50. The van der Waals surface area contributed by atoms with Gasteiger partial charge in [-0.15, -0.1) is 10.2 Å². The van der Waals surface area contributed by atoms with Crippen LogP contribution in [0.4, 0.5) is 0 Å². The zero-order valence-electron chi connectivity index (χ0n) is 13.1. The van der Waals surface area contributed by atoms with Gasteiger partial charge in [0.15, 0.2) is 0 Å². The molecule has 0 N–H and O–H groups in total. The van der Waals surface area contributed by atoms with Crippen LogP contribution in [0.1, 0.15) is 25.1 Å². The lowest BCUT2D eigenvalue weighted by Gasteiger charge is -2.39. The molecule has 2 aliphatic rings. The molecule has 6 heteroatoms. The number of morpholine rings is 1. The minimum Gasteiger partial charge on any atom is -0.379 e. The summed E-state index contributed by atoms with van der Waals surface area (Å²) in [4.78, 5) is 5.23. The third-order valence-electron chi connectivity index (χ3n) is 4.76. The molecule has 6 nitrogen and oxygen atoms in total. The number of rotatable bonds is 5. The Kier molecular flexibility index (Phi) is 5.22. The highest BCUT2D eigenvalue weighted by molar-refractivity contribution is 4.84. The van der Waals surface area contributed by atoms with Gasteiger partial charge in [-0.3, -0.25) is 9.80 Å². The molecule has 0 aliphatic carbocycles. The van der Waals surface area contributed by atoms with E-state index in [-0.39, 0.29) is 0 Å². The number of ether oxygens (including phenoxy) is 1. The zero-order valence-corrected chi connectivity index (χ0v) is 13.1. The number of hydrogen-bond acceptors (Lipinski definition) is 5. The molecular formula is C15H27N5O. The highest BCUT2D eigenvalue weighted by atomic mass is 16.5. The molecule has 0 bridgehead atoms. The Morgan fingerprint density at radius 3 is 2.81 bits per heavy atom. The average molecular weight is 293 g/mol. The zero-order chi connectivity index (χ0) is 14.5. The van der Waals surface area contributed by atoms with E-state index < -0.39 is 0 Å². The number of aromatic nitrogens is 3. The van der Waals surface area contributed by atoms with E-state index in [1.54, 1.807) is 0 Å². The van der Waals surface area contributed by atoms with E-state index in [2.05, 4.69) is 24.6 Å². The largest absolute Gasteiger partial charge is 0.379 e. The molecule has 0 saturated carbocycles. The SMILES string of the molecule is Cc1nncn1CCN1CCCCC1CN1CCOCC1. The molecule has 1 unspecified atom stereocenters. The van der Waals surface area contributed by atoms with E-state index in [4.69, 9.17) is 4.74 Å². The third-order valence-corrected chi connectivity index (χ3v) is 4.76. The van der Waals surface area contributed by atoms with Gasteiger partial charge >= 0.3 is 0 Å². The molecule has 0 aromatic carbocycles. The van der Waals surface area contributed by atoms with Crippen LogP contribution in [0, 0.1) is 6.92 Å². The standard InChI is InChI=1S/C15H27N5O/c1-14-17-16-13-20(14)7-6-19-5-3-2-4-15(19)12-18-8-10-21-11-9-18/h13,15H,2-12H2,1H3. The van der Waals surface area contributed by atoms with Crippen LogP contribution in [0.25, 0.3) is 0 Å². The summed E-state index contributed by atoms with van der Waals surface area (Å²) in [5, 5.41) is 8.04. The van der Waals surface area contributed by atoms with Crippen molar-refractivity contribution < 1.29 is 4.74 Å². The van der Waals surface area contributed by atoms with E-state index in [0.717, 1.165) is 45.2 Å². The Morgan fingerprint density at radius 1 is 1.19 bits per heavy atom. The topological polar surface area (TPSA) is 46.4 Å². The van der Waals surface area contributed by atoms with Crippen LogP contribution in [0.5, 0.6) is 0 Å². The first-order valence-corrected chi connectivity index (χ1v) is 8.21. The van der Waals surface area contributed by atoms with Crippen molar-refractivity contribution in [1.29, 1.82) is 0 Å². The first-order valence-electron chi connectivity index (χ1n) is 8.21. The molecule has 118 valence electrons. The molecule has 1 aromatic heterocycles. The van der Waals surface area contributed by atoms with Gasteiger partial charge in [0, 0.05) is 38.8 Å². The lowest BCUT2D eigenvalue weighted by molar-refractivity contribution is 0.0162. The normalized spacial score (nSPS) is 25.3. The van der Waals surface area contributed by atoms with Crippen molar-refractivity contribution in [2.45, 2.75) is 38.8 Å². The molecule has 0 amide bonds.